The van der Waals surface area contributed by atoms with Gasteiger partial charge in [0.1, 0.15) is 6.79 Å². The van der Waals surface area contributed by atoms with Gasteiger partial charge in [-0.1, -0.05) is 19.1 Å². The summed E-state index contributed by atoms with van der Waals surface area (Å²) in [6, 6.07) is 7.37. The van der Waals surface area contributed by atoms with E-state index in [1.807, 2.05) is 38.0 Å². The molecule has 1 aromatic carbocycles. The molecule has 0 unspecified atom stereocenters. The van der Waals surface area contributed by atoms with Crippen LogP contribution in [-0.2, 0) is 16.0 Å². The van der Waals surface area contributed by atoms with Crippen LogP contribution in [-0.4, -0.2) is 19.2 Å². The molecule has 0 aliphatic heterocycles. The largest absolute Gasteiger partial charge is 0.399 e. The van der Waals surface area contributed by atoms with E-state index in [2.05, 4.69) is 5.32 Å². The fraction of sp³-hybridized carbons (Fsp3) is 0.333. The smallest absolute Gasteiger partial charge is 0.224 e. The average Bonchev–Trinajstić information content (AvgIpc) is 2.32. The molecule has 0 aliphatic carbocycles. The Balaban J connectivity index is 0.00000106. The summed E-state index contributed by atoms with van der Waals surface area (Å²) in [5.74, 6) is 0.0663. The summed E-state index contributed by atoms with van der Waals surface area (Å²) in [4.78, 5) is 19.3. The van der Waals surface area contributed by atoms with Crippen LogP contribution in [0.4, 0.5) is 5.69 Å². The van der Waals surface area contributed by atoms with Crippen molar-refractivity contribution < 1.29 is 9.59 Å². The standard InChI is InChI=1S/C11H16N2O.CH2O/c1-2-7-13-11(14)8-9-3-5-10(12)6-4-9;1-2/h3-6H,2,7-8,12H2,1H3,(H,13,14);1H2. The van der Waals surface area contributed by atoms with E-state index in [-0.39, 0.29) is 5.91 Å². The molecule has 0 aromatic heterocycles. The van der Waals surface area contributed by atoms with Crippen molar-refractivity contribution in [3.63, 3.8) is 0 Å². The van der Waals surface area contributed by atoms with Gasteiger partial charge in [-0.15, -0.1) is 0 Å². The molecule has 0 aliphatic rings. The molecule has 0 fully saturated rings. The molecule has 1 rings (SSSR count). The lowest BCUT2D eigenvalue weighted by Gasteiger charge is -2.03. The van der Waals surface area contributed by atoms with E-state index >= 15 is 0 Å². The number of rotatable bonds is 4. The maximum atomic E-state index is 11.3. The van der Waals surface area contributed by atoms with Gasteiger partial charge in [0.05, 0.1) is 6.42 Å². The first kappa shape index (κ1) is 14.2. The molecular formula is C12H18N2O2. The predicted molar refractivity (Wildman–Crippen MR) is 65.0 cm³/mol. The topological polar surface area (TPSA) is 72.2 Å². The SMILES string of the molecule is C=O.CCCNC(=O)Cc1ccc(N)cc1. The number of anilines is 1. The molecular weight excluding hydrogens is 204 g/mol. The van der Waals surface area contributed by atoms with Gasteiger partial charge < -0.3 is 15.8 Å². The molecule has 3 N–H and O–H groups in total. The second-order valence-electron chi connectivity index (χ2n) is 3.27. The Morgan fingerprint density at radius 2 is 1.88 bits per heavy atom. The molecule has 0 heterocycles. The minimum atomic E-state index is 0.0663. The fourth-order valence-corrected chi connectivity index (χ4v) is 1.15. The Morgan fingerprint density at radius 3 is 2.38 bits per heavy atom. The maximum absolute atomic E-state index is 11.3. The van der Waals surface area contributed by atoms with E-state index < -0.39 is 0 Å². The highest BCUT2D eigenvalue weighted by Gasteiger charge is 2.01. The Labute approximate surface area is 95.8 Å². The highest BCUT2D eigenvalue weighted by molar-refractivity contribution is 5.78. The number of nitrogen functional groups attached to an aromatic ring is 1. The number of hydrogen-bond acceptors (Lipinski definition) is 3. The van der Waals surface area contributed by atoms with Crippen molar-refractivity contribution in [2.75, 3.05) is 12.3 Å². The lowest BCUT2D eigenvalue weighted by Crippen LogP contribution is -2.25. The Kier molecular flexibility index (Phi) is 7.49. The van der Waals surface area contributed by atoms with Crippen molar-refractivity contribution >= 4 is 18.4 Å². The zero-order valence-corrected chi connectivity index (χ0v) is 9.53. The molecule has 4 heteroatoms. The van der Waals surface area contributed by atoms with Gasteiger partial charge in [-0.3, -0.25) is 4.79 Å². The number of carbonyl (C=O) groups excluding carboxylic acids is 2. The fourth-order valence-electron chi connectivity index (χ4n) is 1.15. The molecule has 4 nitrogen and oxygen atoms in total. The Morgan fingerprint density at radius 1 is 1.31 bits per heavy atom. The van der Waals surface area contributed by atoms with Gasteiger partial charge >= 0.3 is 0 Å². The highest BCUT2D eigenvalue weighted by atomic mass is 16.1. The summed E-state index contributed by atoms with van der Waals surface area (Å²) < 4.78 is 0. The molecule has 1 amide bonds. The summed E-state index contributed by atoms with van der Waals surface area (Å²) >= 11 is 0. The molecule has 0 saturated carbocycles. The first-order valence-electron chi connectivity index (χ1n) is 5.12. The van der Waals surface area contributed by atoms with E-state index in [0.717, 1.165) is 24.2 Å². The summed E-state index contributed by atoms with van der Waals surface area (Å²) in [6.45, 7) is 4.78. The second kappa shape index (κ2) is 8.47. The van der Waals surface area contributed by atoms with Gasteiger partial charge in [0.2, 0.25) is 5.91 Å². The first-order valence-corrected chi connectivity index (χ1v) is 5.12. The summed E-state index contributed by atoms with van der Waals surface area (Å²) in [5.41, 5.74) is 7.26. The normalized spacial score (nSPS) is 8.81. The van der Waals surface area contributed by atoms with E-state index in [4.69, 9.17) is 10.5 Å². The Bertz CT molecular complexity index is 309. The first-order chi connectivity index (χ1) is 7.72. The van der Waals surface area contributed by atoms with Gasteiger partial charge in [-0.05, 0) is 24.1 Å². The van der Waals surface area contributed by atoms with E-state index in [0.29, 0.717) is 6.42 Å². The molecule has 0 spiro atoms. The van der Waals surface area contributed by atoms with Crippen LogP contribution in [0.5, 0.6) is 0 Å². The van der Waals surface area contributed by atoms with Crippen LogP contribution in [0, 0.1) is 0 Å². The summed E-state index contributed by atoms with van der Waals surface area (Å²) in [7, 11) is 0. The van der Waals surface area contributed by atoms with Gasteiger partial charge in [-0.2, -0.15) is 0 Å². The van der Waals surface area contributed by atoms with Gasteiger partial charge in [-0.25, -0.2) is 0 Å². The molecule has 1 aromatic rings. The number of nitrogens with two attached hydrogens (primary N) is 1. The second-order valence-corrected chi connectivity index (χ2v) is 3.27. The molecule has 88 valence electrons. The van der Waals surface area contributed by atoms with Gasteiger partial charge in [0.25, 0.3) is 0 Å². The third kappa shape index (κ3) is 5.80. The maximum Gasteiger partial charge on any atom is 0.224 e. The van der Waals surface area contributed by atoms with Crippen LogP contribution < -0.4 is 11.1 Å². The van der Waals surface area contributed by atoms with Crippen LogP contribution in [0.2, 0.25) is 0 Å². The number of carbonyl (C=O) groups is 2. The van der Waals surface area contributed by atoms with Crippen molar-refractivity contribution in [3.8, 4) is 0 Å². The number of benzene rings is 1. The Hall–Kier alpha value is -1.84. The summed E-state index contributed by atoms with van der Waals surface area (Å²) in [6.07, 6.45) is 1.40. The van der Waals surface area contributed by atoms with E-state index in [9.17, 15) is 4.79 Å². The van der Waals surface area contributed by atoms with Crippen LogP contribution in [0.3, 0.4) is 0 Å². The molecule has 0 atom stereocenters. The molecule has 16 heavy (non-hydrogen) atoms. The van der Waals surface area contributed by atoms with Crippen LogP contribution in [0.15, 0.2) is 24.3 Å². The third-order valence-corrected chi connectivity index (χ3v) is 1.92. The third-order valence-electron chi connectivity index (χ3n) is 1.92. The van der Waals surface area contributed by atoms with Crippen molar-refractivity contribution in [2.45, 2.75) is 19.8 Å². The quantitative estimate of drug-likeness (QED) is 0.751. The number of hydrogen-bond donors (Lipinski definition) is 2. The number of amides is 1. The average molecular weight is 222 g/mol. The van der Waals surface area contributed by atoms with E-state index in [1.54, 1.807) is 0 Å². The van der Waals surface area contributed by atoms with Gasteiger partial charge in [0, 0.05) is 12.2 Å². The van der Waals surface area contributed by atoms with Crippen LogP contribution >= 0.6 is 0 Å². The molecule has 0 saturated heterocycles. The van der Waals surface area contributed by atoms with Crippen molar-refractivity contribution in [1.29, 1.82) is 0 Å². The number of nitrogens with one attached hydrogen (secondary N) is 1. The summed E-state index contributed by atoms with van der Waals surface area (Å²) in [5, 5.41) is 2.83. The monoisotopic (exact) mass is 222 g/mol. The molecule has 0 bridgehead atoms. The van der Waals surface area contributed by atoms with Crippen molar-refractivity contribution in [2.24, 2.45) is 0 Å². The van der Waals surface area contributed by atoms with E-state index in [1.165, 1.54) is 0 Å². The van der Waals surface area contributed by atoms with Crippen molar-refractivity contribution in [3.05, 3.63) is 29.8 Å². The van der Waals surface area contributed by atoms with Crippen molar-refractivity contribution in [1.82, 2.24) is 5.32 Å². The molecule has 0 radical (unpaired) electrons. The lowest BCUT2D eigenvalue weighted by molar-refractivity contribution is -0.120. The predicted octanol–water partition coefficient (Wildman–Crippen LogP) is 1.15. The lowest BCUT2D eigenvalue weighted by atomic mass is 10.1. The minimum Gasteiger partial charge on any atom is -0.399 e. The minimum absolute atomic E-state index is 0.0663. The zero-order chi connectivity index (χ0) is 12.4. The van der Waals surface area contributed by atoms with Gasteiger partial charge in [0.15, 0.2) is 0 Å². The highest BCUT2D eigenvalue weighted by Crippen LogP contribution is 2.05. The van der Waals surface area contributed by atoms with Crippen LogP contribution in [0.1, 0.15) is 18.9 Å². The van der Waals surface area contributed by atoms with Crippen LogP contribution in [0.25, 0.3) is 0 Å². The zero-order valence-electron chi connectivity index (χ0n) is 9.53.